The van der Waals surface area contributed by atoms with Crippen LogP contribution < -0.4 is 19.5 Å². The lowest BCUT2D eigenvalue weighted by molar-refractivity contribution is 0.176. The predicted molar refractivity (Wildman–Crippen MR) is 113 cm³/mol. The molecule has 2 N–H and O–H groups in total. The van der Waals surface area contributed by atoms with Gasteiger partial charge in [-0.05, 0) is 62.1 Å². The SMILES string of the molecule is C[C@@H](COc1cnc(-c2ccc(Oc3cccc(OCC4CC4)c3)cc2)o1)NC(=O)O. The zero-order valence-corrected chi connectivity index (χ0v) is 17.1. The maximum Gasteiger partial charge on any atom is 0.404 e. The topological polar surface area (TPSA) is 103 Å². The van der Waals surface area contributed by atoms with E-state index in [-0.39, 0.29) is 18.6 Å². The number of amides is 1. The predicted octanol–water partition coefficient (Wildman–Crippen LogP) is 4.96. The number of benzene rings is 2. The molecule has 0 bridgehead atoms. The summed E-state index contributed by atoms with van der Waals surface area (Å²) in [5.41, 5.74) is 0.764. The highest BCUT2D eigenvalue weighted by atomic mass is 16.6. The third kappa shape index (κ3) is 6.15. The molecule has 8 heteroatoms. The highest BCUT2D eigenvalue weighted by molar-refractivity contribution is 5.64. The molecular weight excluding hydrogens is 400 g/mol. The Morgan fingerprint density at radius 2 is 1.94 bits per heavy atom. The van der Waals surface area contributed by atoms with Gasteiger partial charge < -0.3 is 29.1 Å². The summed E-state index contributed by atoms with van der Waals surface area (Å²) in [6.45, 7) is 2.59. The third-order valence-electron chi connectivity index (χ3n) is 4.66. The first-order valence-corrected chi connectivity index (χ1v) is 10.1. The molecule has 1 atom stereocenters. The molecule has 4 rings (SSSR count). The third-order valence-corrected chi connectivity index (χ3v) is 4.66. The fourth-order valence-corrected chi connectivity index (χ4v) is 2.85. The molecular formula is C23H24N2O6. The number of nitrogens with one attached hydrogen (secondary N) is 1. The number of rotatable bonds is 10. The Balaban J connectivity index is 1.32. The van der Waals surface area contributed by atoms with Gasteiger partial charge >= 0.3 is 12.0 Å². The molecule has 0 unspecified atom stereocenters. The van der Waals surface area contributed by atoms with Crippen molar-refractivity contribution in [3.63, 3.8) is 0 Å². The molecule has 0 spiro atoms. The van der Waals surface area contributed by atoms with Crippen molar-refractivity contribution in [2.75, 3.05) is 13.2 Å². The minimum absolute atomic E-state index is 0.136. The van der Waals surface area contributed by atoms with Gasteiger partial charge in [0, 0.05) is 11.6 Å². The van der Waals surface area contributed by atoms with Crippen LogP contribution in [-0.4, -0.2) is 35.4 Å². The summed E-state index contributed by atoms with van der Waals surface area (Å²) in [7, 11) is 0. The summed E-state index contributed by atoms with van der Waals surface area (Å²) in [6, 6.07) is 14.6. The van der Waals surface area contributed by atoms with E-state index in [0.29, 0.717) is 23.3 Å². The number of oxazole rings is 1. The van der Waals surface area contributed by atoms with Gasteiger partial charge in [0.1, 0.15) is 30.1 Å². The molecule has 162 valence electrons. The van der Waals surface area contributed by atoms with Crippen LogP contribution in [0.4, 0.5) is 4.79 Å². The second-order valence-corrected chi connectivity index (χ2v) is 7.50. The van der Waals surface area contributed by atoms with Crippen molar-refractivity contribution in [2.24, 2.45) is 5.92 Å². The van der Waals surface area contributed by atoms with Crippen LogP contribution >= 0.6 is 0 Å². The van der Waals surface area contributed by atoms with E-state index < -0.39 is 6.09 Å². The molecule has 0 saturated heterocycles. The van der Waals surface area contributed by atoms with Crippen LogP contribution in [0.2, 0.25) is 0 Å². The second-order valence-electron chi connectivity index (χ2n) is 7.50. The monoisotopic (exact) mass is 424 g/mol. The van der Waals surface area contributed by atoms with Gasteiger partial charge in [-0.1, -0.05) is 6.07 Å². The molecule has 0 radical (unpaired) electrons. The molecule has 1 aliphatic carbocycles. The quantitative estimate of drug-likeness (QED) is 0.474. The van der Waals surface area contributed by atoms with Crippen LogP contribution in [0.1, 0.15) is 19.8 Å². The van der Waals surface area contributed by atoms with Crippen LogP contribution in [-0.2, 0) is 0 Å². The average Bonchev–Trinajstić information content (AvgIpc) is 3.47. The molecule has 1 heterocycles. The Morgan fingerprint density at radius 3 is 2.68 bits per heavy atom. The van der Waals surface area contributed by atoms with E-state index in [4.69, 9.17) is 23.7 Å². The molecule has 1 aromatic heterocycles. The van der Waals surface area contributed by atoms with E-state index in [9.17, 15) is 4.79 Å². The maximum atomic E-state index is 10.6. The molecule has 1 fully saturated rings. The number of carboxylic acid groups (broad SMARTS) is 1. The smallest absolute Gasteiger partial charge is 0.404 e. The highest BCUT2D eigenvalue weighted by Gasteiger charge is 2.21. The number of hydrogen-bond acceptors (Lipinski definition) is 6. The number of aromatic nitrogens is 1. The normalized spacial score (nSPS) is 14.0. The Morgan fingerprint density at radius 1 is 1.16 bits per heavy atom. The molecule has 0 aliphatic heterocycles. The van der Waals surface area contributed by atoms with Crippen molar-refractivity contribution >= 4 is 6.09 Å². The van der Waals surface area contributed by atoms with Crippen molar-refractivity contribution in [2.45, 2.75) is 25.8 Å². The van der Waals surface area contributed by atoms with E-state index in [1.54, 1.807) is 6.92 Å². The zero-order chi connectivity index (χ0) is 21.6. The standard InChI is InChI=1S/C23H24N2O6/c1-15(25-23(26)27)13-29-21-12-24-22(31-21)17-7-9-18(10-8-17)30-20-4-2-3-19(11-20)28-14-16-5-6-16/h2-4,7-12,15-16,25H,5-6,13-14H2,1H3,(H,26,27)/t15-/m0/s1. The number of nitrogens with zero attached hydrogens (tertiary/aromatic N) is 1. The summed E-state index contributed by atoms with van der Waals surface area (Å²) in [5.74, 6) is 3.51. The lowest BCUT2D eigenvalue weighted by Gasteiger charge is -2.10. The Bertz CT molecular complexity index is 1010. The lowest BCUT2D eigenvalue weighted by Crippen LogP contribution is -2.35. The zero-order valence-electron chi connectivity index (χ0n) is 17.1. The maximum absolute atomic E-state index is 10.6. The average molecular weight is 424 g/mol. The number of carbonyl (C=O) groups is 1. The van der Waals surface area contributed by atoms with Crippen LogP contribution in [0.15, 0.2) is 59.1 Å². The first-order chi connectivity index (χ1) is 15.0. The Labute approximate surface area is 179 Å². The summed E-state index contributed by atoms with van der Waals surface area (Å²) in [5, 5.41) is 11.0. The van der Waals surface area contributed by atoms with Gasteiger partial charge in [0.15, 0.2) is 0 Å². The highest BCUT2D eigenvalue weighted by Crippen LogP contribution is 2.31. The van der Waals surface area contributed by atoms with E-state index in [0.717, 1.165) is 17.9 Å². The first kappa shape index (κ1) is 20.6. The fraction of sp³-hybridized carbons (Fsp3) is 0.304. The van der Waals surface area contributed by atoms with Gasteiger partial charge in [0.2, 0.25) is 5.89 Å². The molecule has 1 saturated carbocycles. The van der Waals surface area contributed by atoms with Crippen LogP contribution in [0.25, 0.3) is 11.5 Å². The van der Waals surface area contributed by atoms with Gasteiger partial charge in [-0.15, -0.1) is 0 Å². The minimum atomic E-state index is -1.10. The summed E-state index contributed by atoms with van der Waals surface area (Å²) in [4.78, 5) is 14.8. The summed E-state index contributed by atoms with van der Waals surface area (Å²) >= 11 is 0. The van der Waals surface area contributed by atoms with Gasteiger partial charge in [-0.3, -0.25) is 0 Å². The molecule has 31 heavy (non-hydrogen) atoms. The summed E-state index contributed by atoms with van der Waals surface area (Å²) < 4.78 is 22.7. The van der Waals surface area contributed by atoms with Crippen molar-refractivity contribution in [3.05, 3.63) is 54.7 Å². The lowest BCUT2D eigenvalue weighted by atomic mass is 10.2. The molecule has 1 aliphatic rings. The minimum Gasteiger partial charge on any atom is -0.493 e. The van der Waals surface area contributed by atoms with E-state index in [1.807, 2.05) is 48.5 Å². The largest absolute Gasteiger partial charge is 0.493 e. The van der Waals surface area contributed by atoms with Crippen molar-refractivity contribution in [1.29, 1.82) is 0 Å². The van der Waals surface area contributed by atoms with Gasteiger partial charge in [-0.25, -0.2) is 9.78 Å². The van der Waals surface area contributed by atoms with E-state index in [1.165, 1.54) is 19.0 Å². The van der Waals surface area contributed by atoms with Crippen LogP contribution in [0.5, 0.6) is 23.2 Å². The Hall–Kier alpha value is -3.68. The summed E-state index contributed by atoms with van der Waals surface area (Å²) in [6.07, 6.45) is 2.86. The van der Waals surface area contributed by atoms with Crippen LogP contribution in [0.3, 0.4) is 0 Å². The second kappa shape index (κ2) is 9.42. The van der Waals surface area contributed by atoms with E-state index in [2.05, 4.69) is 10.3 Å². The molecule has 8 nitrogen and oxygen atoms in total. The van der Waals surface area contributed by atoms with Crippen molar-refractivity contribution in [3.8, 4) is 34.6 Å². The van der Waals surface area contributed by atoms with Crippen LogP contribution in [0, 0.1) is 5.92 Å². The van der Waals surface area contributed by atoms with Gasteiger partial charge in [-0.2, -0.15) is 0 Å². The number of hydrogen-bond donors (Lipinski definition) is 2. The van der Waals surface area contributed by atoms with E-state index >= 15 is 0 Å². The fourth-order valence-electron chi connectivity index (χ4n) is 2.85. The van der Waals surface area contributed by atoms with Gasteiger partial charge in [0.25, 0.3) is 0 Å². The molecule has 3 aromatic rings. The Kier molecular flexibility index (Phi) is 6.26. The first-order valence-electron chi connectivity index (χ1n) is 10.1. The molecule has 2 aromatic carbocycles. The van der Waals surface area contributed by atoms with Crippen molar-refractivity contribution < 1.29 is 28.5 Å². The molecule has 1 amide bonds. The van der Waals surface area contributed by atoms with Gasteiger partial charge in [0.05, 0.1) is 12.6 Å². The number of ether oxygens (including phenoxy) is 3. The van der Waals surface area contributed by atoms with Crippen molar-refractivity contribution in [1.82, 2.24) is 10.3 Å².